The van der Waals surface area contributed by atoms with E-state index in [2.05, 4.69) is 11.8 Å². The second-order valence-corrected chi connectivity index (χ2v) is 14.2. The molecule has 0 amide bonds. The molecule has 57 heavy (non-hydrogen) atoms. The van der Waals surface area contributed by atoms with Crippen molar-refractivity contribution in [2.45, 2.75) is 109 Å². The van der Waals surface area contributed by atoms with Gasteiger partial charge in [-0.15, -0.1) is 24.7 Å². The second kappa shape index (κ2) is 25.5. The third kappa shape index (κ3) is 18.0. The summed E-state index contributed by atoms with van der Waals surface area (Å²) >= 11 is 0. The predicted molar refractivity (Wildman–Crippen MR) is 200 cm³/mol. The van der Waals surface area contributed by atoms with Gasteiger partial charge >= 0.3 is 24.1 Å². The van der Waals surface area contributed by atoms with Crippen molar-refractivity contribution < 1.29 is 71.3 Å². The molecule has 0 radical (unpaired) electrons. The molecule has 1 aliphatic carbocycles. The molecule has 1 aromatic carbocycles. The van der Waals surface area contributed by atoms with Crippen LogP contribution in [0.1, 0.15) is 84.0 Å². The lowest BCUT2D eigenvalue weighted by Gasteiger charge is -2.21. The molecule has 0 bridgehead atoms. The van der Waals surface area contributed by atoms with Gasteiger partial charge in [0.1, 0.15) is 38.3 Å². The zero-order valence-corrected chi connectivity index (χ0v) is 32.3. The number of carbonyl (C=O) groups excluding carboxylic acids is 4. The van der Waals surface area contributed by atoms with Crippen molar-refractivity contribution in [1.82, 2.24) is 0 Å². The predicted octanol–water partition coefficient (Wildman–Crippen LogP) is 5.58. The van der Waals surface area contributed by atoms with Crippen LogP contribution < -0.4 is 4.74 Å². The Morgan fingerprint density at radius 3 is 2.23 bits per heavy atom. The van der Waals surface area contributed by atoms with Crippen LogP contribution in [0.3, 0.4) is 0 Å². The number of esters is 3. The fourth-order valence-corrected chi connectivity index (χ4v) is 6.56. The normalized spacial score (nSPS) is 21.3. The minimum Gasteiger partial charge on any atom is -0.487 e. The number of fused-ring (bicyclic) bond motifs is 1. The van der Waals surface area contributed by atoms with Gasteiger partial charge in [-0.25, -0.2) is 13.6 Å². The second-order valence-electron chi connectivity index (χ2n) is 14.2. The van der Waals surface area contributed by atoms with Gasteiger partial charge in [-0.3, -0.25) is 14.4 Å². The largest absolute Gasteiger partial charge is 0.511 e. The summed E-state index contributed by atoms with van der Waals surface area (Å²) in [4.78, 5) is 48.9. The topological polar surface area (TPSA) is 173 Å². The molecule has 2 aliphatic rings. The van der Waals surface area contributed by atoms with Crippen LogP contribution in [0, 0.1) is 60.0 Å². The molecule has 1 saturated carbocycles. The van der Waals surface area contributed by atoms with E-state index in [0.29, 0.717) is 51.6 Å². The average molecular weight is 805 g/mol. The Labute approximate surface area is 332 Å². The quantitative estimate of drug-likeness (QED) is 0.0351. The van der Waals surface area contributed by atoms with E-state index in [1.165, 1.54) is 13.0 Å². The van der Waals surface area contributed by atoms with E-state index in [9.17, 15) is 38.2 Å². The smallest absolute Gasteiger partial charge is 0.487 e. The fourth-order valence-electron chi connectivity index (χ4n) is 6.56. The molecule has 0 aromatic heterocycles. The lowest BCUT2D eigenvalue weighted by Crippen LogP contribution is -2.28. The van der Waals surface area contributed by atoms with Crippen LogP contribution in [0.4, 0.5) is 13.6 Å². The minimum atomic E-state index is -1.25. The standard InChI is InChI=1S/C42H54F2O13/c1-4-6-8-12-39(47)53-24-30(25-54-40(48)13-9-7-5-2)26-55-42(50)57-28(3)56-41(49)14-10-11-29-15-18-34-33(36(46)22-37(34)51-23-29)19-17-32(45)27-52-38-21-31(43)16-20-35(38)44/h1-2,16-17,19-21,28-30,32-34,36-37,45-46H,6-15,18,22-27H2,3H3/b19-17+/t28?,29-,32+,33+,34+,36+,37-/m0/s1. The lowest BCUT2D eigenvalue weighted by atomic mass is 9.86. The molecule has 0 spiro atoms. The van der Waals surface area contributed by atoms with Crippen molar-refractivity contribution in [3.05, 3.63) is 42.0 Å². The van der Waals surface area contributed by atoms with Crippen molar-refractivity contribution in [2.75, 3.05) is 33.0 Å². The van der Waals surface area contributed by atoms with E-state index >= 15 is 0 Å². The highest BCUT2D eigenvalue weighted by Crippen LogP contribution is 2.42. The summed E-state index contributed by atoms with van der Waals surface area (Å²) in [7, 11) is 0. The SMILES string of the molecule is C#CCCCC(=O)OCC(COC(=O)CCCC#C)COC(=O)OC(C)OC(=O)CCC[C@H]1CC[C@@H]2[C@@H](/C=C/[C@@H](O)COc3cc(F)ccc3F)[C@H](O)C[C@@H]2OC1. The highest BCUT2D eigenvalue weighted by molar-refractivity contribution is 5.70. The molecular formula is C42H54F2O13. The van der Waals surface area contributed by atoms with E-state index < -0.39 is 60.1 Å². The van der Waals surface area contributed by atoms with E-state index in [0.717, 1.165) is 31.0 Å². The maximum atomic E-state index is 13.8. The Kier molecular flexibility index (Phi) is 20.9. The minimum absolute atomic E-state index is 0.00605. The van der Waals surface area contributed by atoms with E-state index in [1.54, 1.807) is 6.08 Å². The van der Waals surface area contributed by atoms with Crippen LogP contribution in [0.2, 0.25) is 0 Å². The zero-order chi connectivity index (χ0) is 41.6. The maximum Gasteiger partial charge on any atom is 0.511 e. The van der Waals surface area contributed by atoms with Crippen molar-refractivity contribution in [3.8, 4) is 30.4 Å². The van der Waals surface area contributed by atoms with Crippen LogP contribution in [-0.2, 0) is 42.8 Å². The molecule has 1 aromatic rings. The van der Waals surface area contributed by atoms with Gasteiger partial charge in [-0.05, 0) is 62.5 Å². The third-order valence-electron chi connectivity index (χ3n) is 9.56. The molecule has 1 heterocycles. The van der Waals surface area contributed by atoms with Crippen molar-refractivity contribution in [1.29, 1.82) is 0 Å². The summed E-state index contributed by atoms with van der Waals surface area (Å²) in [5, 5.41) is 21.1. The number of unbranched alkanes of at least 4 members (excludes halogenated alkanes) is 2. The number of aliphatic hydroxyl groups is 2. The molecule has 2 fully saturated rings. The Bertz CT molecular complexity index is 1520. The van der Waals surface area contributed by atoms with Gasteiger partial charge < -0.3 is 43.4 Å². The summed E-state index contributed by atoms with van der Waals surface area (Å²) in [5.74, 6) is 0.769. The molecule has 15 heteroatoms. The van der Waals surface area contributed by atoms with Gasteiger partial charge in [0.25, 0.3) is 0 Å². The first kappa shape index (κ1) is 46.7. The average Bonchev–Trinajstić information content (AvgIpc) is 3.33. The Morgan fingerprint density at radius 1 is 0.912 bits per heavy atom. The molecule has 1 unspecified atom stereocenters. The van der Waals surface area contributed by atoms with E-state index in [1.807, 2.05) is 0 Å². The number of halogens is 2. The van der Waals surface area contributed by atoms with Gasteiger partial charge in [0.15, 0.2) is 11.6 Å². The first-order valence-electron chi connectivity index (χ1n) is 19.3. The first-order chi connectivity index (χ1) is 27.4. The summed E-state index contributed by atoms with van der Waals surface area (Å²) in [6, 6.07) is 2.81. The summed E-state index contributed by atoms with van der Waals surface area (Å²) in [5.41, 5.74) is 0. The van der Waals surface area contributed by atoms with Gasteiger partial charge in [0.2, 0.25) is 6.29 Å². The Morgan fingerprint density at radius 2 is 1.56 bits per heavy atom. The van der Waals surface area contributed by atoms with Gasteiger partial charge in [-0.1, -0.05) is 12.2 Å². The molecular weight excluding hydrogens is 750 g/mol. The summed E-state index contributed by atoms with van der Waals surface area (Å²) in [6.07, 6.45) is 14.4. The van der Waals surface area contributed by atoms with Gasteiger partial charge in [0, 0.05) is 64.0 Å². The molecule has 1 saturated heterocycles. The molecule has 314 valence electrons. The van der Waals surface area contributed by atoms with Gasteiger partial charge in [0.05, 0.1) is 18.1 Å². The highest BCUT2D eigenvalue weighted by atomic mass is 19.1. The molecule has 2 N–H and O–H groups in total. The van der Waals surface area contributed by atoms with Crippen LogP contribution in [0.15, 0.2) is 30.4 Å². The van der Waals surface area contributed by atoms with Crippen molar-refractivity contribution in [2.24, 2.45) is 23.7 Å². The van der Waals surface area contributed by atoms with Crippen LogP contribution >= 0.6 is 0 Å². The van der Waals surface area contributed by atoms with Crippen LogP contribution in [0.5, 0.6) is 5.75 Å². The number of ether oxygens (including phenoxy) is 7. The number of aliphatic hydroxyl groups excluding tert-OH is 2. The van der Waals surface area contributed by atoms with E-state index in [4.69, 9.17) is 46.0 Å². The molecule has 3 rings (SSSR count). The summed E-state index contributed by atoms with van der Waals surface area (Å²) in [6.45, 7) is 0.822. The lowest BCUT2D eigenvalue weighted by molar-refractivity contribution is -0.168. The third-order valence-corrected chi connectivity index (χ3v) is 9.56. The number of terminal acetylenes is 2. The monoisotopic (exact) mass is 804 g/mol. The highest BCUT2D eigenvalue weighted by Gasteiger charge is 2.43. The molecule has 1 aliphatic heterocycles. The first-order valence-corrected chi connectivity index (χ1v) is 19.3. The van der Waals surface area contributed by atoms with E-state index in [-0.39, 0.29) is 75.3 Å². The molecule has 13 nitrogen and oxygen atoms in total. The number of benzene rings is 1. The summed E-state index contributed by atoms with van der Waals surface area (Å²) < 4.78 is 64.5. The zero-order valence-electron chi connectivity index (χ0n) is 32.3. The van der Waals surface area contributed by atoms with Crippen LogP contribution in [0.25, 0.3) is 0 Å². The number of hydrogen-bond acceptors (Lipinski definition) is 13. The Balaban J connectivity index is 1.36. The van der Waals surface area contributed by atoms with Crippen molar-refractivity contribution >= 4 is 24.1 Å². The maximum absolute atomic E-state index is 13.8. The Hall–Kier alpha value is -4.70. The number of hydrogen-bond donors (Lipinski definition) is 2. The van der Waals surface area contributed by atoms with Crippen LogP contribution in [-0.4, -0.2) is 91.9 Å². The number of rotatable bonds is 23. The molecule has 7 atom stereocenters. The number of carbonyl (C=O) groups is 4. The van der Waals surface area contributed by atoms with Gasteiger partial charge in [-0.2, -0.15) is 0 Å². The van der Waals surface area contributed by atoms with Crippen molar-refractivity contribution in [3.63, 3.8) is 0 Å². The fraction of sp³-hybridized carbons (Fsp3) is 0.619.